The third kappa shape index (κ3) is 9.29. The second kappa shape index (κ2) is 13.5. The van der Waals surface area contributed by atoms with Gasteiger partial charge in [0.05, 0.1) is 6.54 Å². The minimum absolute atomic E-state index is 0.0282. The summed E-state index contributed by atoms with van der Waals surface area (Å²) in [5, 5.41) is 0. The predicted molar refractivity (Wildman–Crippen MR) is 141 cm³/mol. The van der Waals surface area contributed by atoms with E-state index >= 15 is 0 Å². The summed E-state index contributed by atoms with van der Waals surface area (Å²) < 4.78 is 16.4. The summed E-state index contributed by atoms with van der Waals surface area (Å²) in [5.74, 6) is -0.445. The molecule has 0 radical (unpaired) electrons. The minimum atomic E-state index is -0.674. The molecule has 8 nitrogen and oxygen atoms in total. The molecule has 1 unspecified atom stereocenters. The van der Waals surface area contributed by atoms with Gasteiger partial charge in [0.15, 0.2) is 0 Å². The van der Waals surface area contributed by atoms with E-state index in [1.165, 1.54) is 9.80 Å². The second-order valence-electron chi connectivity index (χ2n) is 9.80. The Labute approximate surface area is 218 Å². The molecule has 0 aliphatic carbocycles. The number of benzene rings is 2. The highest BCUT2D eigenvalue weighted by Crippen LogP contribution is 2.20. The molecule has 1 atom stereocenters. The molecule has 2 aromatic rings. The highest BCUT2D eigenvalue weighted by atomic mass is 16.6. The van der Waals surface area contributed by atoms with E-state index in [1.807, 2.05) is 72.8 Å². The van der Waals surface area contributed by atoms with Crippen molar-refractivity contribution in [3.63, 3.8) is 0 Å². The third-order valence-electron chi connectivity index (χ3n) is 5.66. The fourth-order valence-electron chi connectivity index (χ4n) is 3.84. The first kappa shape index (κ1) is 27.8. The lowest BCUT2D eigenvalue weighted by atomic mass is 10.2. The number of amides is 2. The van der Waals surface area contributed by atoms with Gasteiger partial charge in [-0.2, -0.15) is 0 Å². The van der Waals surface area contributed by atoms with Crippen molar-refractivity contribution >= 4 is 24.2 Å². The van der Waals surface area contributed by atoms with E-state index < -0.39 is 29.8 Å². The van der Waals surface area contributed by atoms with Gasteiger partial charge in [0.25, 0.3) is 0 Å². The summed E-state index contributed by atoms with van der Waals surface area (Å²) in [6, 6.07) is 18.5. The fourth-order valence-corrected chi connectivity index (χ4v) is 3.84. The normalized spacial score (nSPS) is 15.4. The smallest absolute Gasteiger partial charge is 0.410 e. The van der Waals surface area contributed by atoms with E-state index in [1.54, 1.807) is 20.8 Å². The Morgan fingerprint density at radius 1 is 1.00 bits per heavy atom. The fraction of sp³-hybridized carbons (Fsp3) is 0.414. The summed E-state index contributed by atoms with van der Waals surface area (Å²) >= 11 is 0. The van der Waals surface area contributed by atoms with Crippen LogP contribution < -0.4 is 0 Å². The largest absolute Gasteiger partial charge is 0.459 e. The van der Waals surface area contributed by atoms with Crippen LogP contribution in [-0.4, -0.2) is 65.8 Å². The zero-order valence-corrected chi connectivity index (χ0v) is 21.8. The van der Waals surface area contributed by atoms with Gasteiger partial charge >= 0.3 is 18.2 Å². The van der Waals surface area contributed by atoms with Gasteiger partial charge < -0.3 is 19.1 Å². The van der Waals surface area contributed by atoms with Crippen LogP contribution in [0.2, 0.25) is 0 Å². The predicted octanol–water partition coefficient (Wildman–Crippen LogP) is 5.28. The molecule has 37 heavy (non-hydrogen) atoms. The van der Waals surface area contributed by atoms with Crippen molar-refractivity contribution in [2.75, 3.05) is 26.2 Å². The molecule has 1 saturated heterocycles. The lowest BCUT2D eigenvalue weighted by Gasteiger charge is -2.27. The Balaban J connectivity index is 1.52. The van der Waals surface area contributed by atoms with Crippen molar-refractivity contribution in [3.8, 4) is 0 Å². The van der Waals surface area contributed by atoms with Crippen LogP contribution in [-0.2, 0) is 25.6 Å². The molecule has 0 bridgehead atoms. The van der Waals surface area contributed by atoms with Gasteiger partial charge in [0, 0.05) is 13.1 Å². The van der Waals surface area contributed by atoms with E-state index in [2.05, 4.69) is 0 Å². The molecule has 1 aliphatic rings. The number of hydrogen-bond acceptors (Lipinski definition) is 6. The first-order valence-electron chi connectivity index (χ1n) is 12.6. The first-order valence-corrected chi connectivity index (χ1v) is 12.6. The summed E-state index contributed by atoms with van der Waals surface area (Å²) in [6.07, 6.45) is 3.90. The average molecular weight is 509 g/mol. The van der Waals surface area contributed by atoms with Gasteiger partial charge in [-0.05, 0) is 44.7 Å². The van der Waals surface area contributed by atoms with Crippen LogP contribution in [0, 0.1) is 0 Å². The van der Waals surface area contributed by atoms with Crippen molar-refractivity contribution in [1.29, 1.82) is 0 Å². The first-order chi connectivity index (χ1) is 17.7. The molecule has 0 aromatic heterocycles. The highest BCUT2D eigenvalue weighted by Gasteiger charge is 2.36. The van der Waals surface area contributed by atoms with Crippen molar-refractivity contribution < 1.29 is 28.6 Å². The second-order valence-corrected chi connectivity index (χ2v) is 9.80. The SMILES string of the molecule is CC(C)(C)OC(=O)N(CC=Cc1ccccc1)CCOC(=O)N1CCCC1C(=O)OCc1ccccc1. The quantitative estimate of drug-likeness (QED) is 0.338. The number of likely N-dealkylation sites (tertiary alicyclic amines) is 1. The Kier molecular flexibility index (Phi) is 10.1. The maximum Gasteiger partial charge on any atom is 0.410 e. The standard InChI is InChI=1S/C29H36N2O6/c1-29(2,3)37-27(33)30(18-10-16-23-12-6-4-7-13-23)20-21-35-28(34)31-19-11-17-25(31)26(32)36-22-24-14-8-5-9-15-24/h4-10,12-16,25H,11,17-22H2,1-3H3. The van der Waals surface area contributed by atoms with Crippen molar-refractivity contribution in [3.05, 3.63) is 77.9 Å². The molecule has 1 heterocycles. The van der Waals surface area contributed by atoms with E-state index in [0.29, 0.717) is 25.9 Å². The number of nitrogens with zero attached hydrogens (tertiary/aromatic N) is 2. The Morgan fingerprint density at radius 3 is 2.35 bits per heavy atom. The number of ether oxygens (including phenoxy) is 3. The number of hydrogen-bond donors (Lipinski definition) is 0. The van der Waals surface area contributed by atoms with Crippen molar-refractivity contribution in [2.45, 2.75) is 51.9 Å². The van der Waals surface area contributed by atoms with Crippen LogP contribution in [0.5, 0.6) is 0 Å². The van der Waals surface area contributed by atoms with Crippen LogP contribution in [0.1, 0.15) is 44.7 Å². The molecule has 3 rings (SSSR count). The maximum atomic E-state index is 12.8. The summed E-state index contributed by atoms with van der Waals surface area (Å²) in [5.41, 5.74) is 1.24. The highest BCUT2D eigenvalue weighted by molar-refractivity contribution is 5.82. The van der Waals surface area contributed by atoms with Gasteiger partial charge in [-0.1, -0.05) is 72.8 Å². The molecule has 2 aromatic carbocycles. The molecule has 198 valence electrons. The molecule has 8 heteroatoms. The molecule has 1 aliphatic heterocycles. The van der Waals surface area contributed by atoms with Gasteiger partial charge in [-0.3, -0.25) is 4.90 Å². The van der Waals surface area contributed by atoms with Gasteiger partial charge in [-0.15, -0.1) is 0 Å². The maximum absolute atomic E-state index is 12.8. The van der Waals surface area contributed by atoms with E-state index in [0.717, 1.165) is 11.1 Å². The number of esters is 1. The van der Waals surface area contributed by atoms with Crippen LogP contribution in [0.25, 0.3) is 6.08 Å². The monoisotopic (exact) mass is 508 g/mol. The lowest BCUT2D eigenvalue weighted by Crippen LogP contribution is -2.43. The van der Waals surface area contributed by atoms with Gasteiger partial charge in [-0.25, -0.2) is 14.4 Å². The molecule has 1 fully saturated rings. The topological polar surface area (TPSA) is 85.4 Å². The molecule has 2 amide bonds. The Morgan fingerprint density at radius 2 is 1.68 bits per heavy atom. The minimum Gasteiger partial charge on any atom is -0.459 e. The average Bonchev–Trinajstić information content (AvgIpc) is 3.37. The third-order valence-corrected chi connectivity index (χ3v) is 5.66. The van der Waals surface area contributed by atoms with E-state index in [9.17, 15) is 14.4 Å². The van der Waals surface area contributed by atoms with E-state index in [4.69, 9.17) is 14.2 Å². The van der Waals surface area contributed by atoms with Gasteiger partial charge in [0.2, 0.25) is 0 Å². The van der Waals surface area contributed by atoms with Crippen LogP contribution in [0.4, 0.5) is 9.59 Å². The Hall–Kier alpha value is -3.81. The zero-order valence-electron chi connectivity index (χ0n) is 21.8. The summed E-state index contributed by atoms with van der Waals surface area (Å²) in [7, 11) is 0. The van der Waals surface area contributed by atoms with Crippen molar-refractivity contribution in [2.24, 2.45) is 0 Å². The number of carbonyl (C=O) groups is 3. The summed E-state index contributed by atoms with van der Waals surface area (Å²) in [6.45, 7) is 6.38. The number of rotatable bonds is 9. The zero-order chi connectivity index (χ0) is 26.7. The van der Waals surface area contributed by atoms with Crippen LogP contribution in [0.3, 0.4) is 0 Å². The van der Waals surface area contributed by atoms with Gasteiger partial charge in [0.1, 0.15) is 24.9 Å². The summed E-state index contributed by atoms with van der Waals surface area (Å²) in [4.78, 5) is 41.0. The van der Waals surface area contributed by atoms with Crippen molar-refractivity contribution in [1.82, 2.24) is 9.80 Å². The lowest BCUT2D eigenvalue weighted by molar-refractivity contribution is -0.149. The van der Waals surface area contributed by atoms with Crippen LogP contribution >= 0.6 is 0 Å². The molecular formula is C29H36N2O6. The molecule has 0 spiro atoms. The number of carbonyl (C=O) groups excluding carboxylic acids is 3. The Bertz CT molecular complexity index is 1050. The molecular weight excluding hydrogens is 472 g/mol. The molecule has 0 saturated carbocycles. The molecule has 0 N–H and O–H groups in total. The van der Waals surface area contributed by atoms with Crippen LogP contribution in [0.15, 0.2) is 66.7 Å². The van der Waals surface area contributed by atoms with E-state index in [-0.39, 0.29) is 19.8 Å².